The molecule has 0 saturated carbocycles. The molecule has 2 aromatic carbocycles. The predicted octanol–water partition coefficient (Wildman–Crippen LogP) is 2.77. The van der Waals surface area contributed by atoms with Crippen LogP contribution in [0.1, 0.15) is 35.1 Å². The SMILES string of the molecule is CCn1c2c(c(=O)[nH]c1=O)C(c1ccc(C)cc1)C1=C(CN(CCc3ccc(OC)cc3)C1=O)N2. The van der Waals surface area contributed by atoms with E-state index >= 15 is 0 Å². The summed E-state index contributed by atoms with van der Waals surface area (Å²) in [6.45, 7) is 5.18. The van der Waals surface area contributed by atoms with Crippen molar-refractivity contribution >= 4 is 11.7 Å². The standard InChI is InChI=1S/C27H28N4O4/c1-4-31-24-23(25(32)29-27(31)34)21(18-9-5-16(2)6-10-18)22-20(28-24)15-30(26(22)33)14-13-17-7-11-19(35-3)12-8-17/h5-12,21,28H,4,13-15H2,1-3H3,(H,29,32,34). The van der Waals surface area contributed by atoms with Crippen molar-refractivity contribution < 1.29 is 9.53 Å². The van der Waals surface area contributed by atoms with Crippen LogP contribution in [0.3, 0.4) is 0 Å². The van der Waals surface area contributed by atoms with Gasteiger partial charge in [-0.2, -0.15) is 0 Å². The van der Waals surface area contributed by atoms with Gasteiger partial charge in [0.2, 0.25) is 0 Å². The first-order valence-corrected chi connectivity index (χ1v) is 11.8. The molecule has 180 valence electrons. The van der Waals surface area contributed by atoms with Crippen LogP contribution < -0.4 is 21.3 Å². The van der Waals surface area contributed by atoms with E-state index in [1.807, 2.05) is 62.4 Å². The zero-order valence-corrected chi connectivity index (χ0v) is 20.1. The van der Waals surface area contributed by atoms with Crippen molar-refractivity contribution in [3.05, 3.63) is 103 Å². The normalized spacial score (nSPS) is 16.7. The summed E-state index contributed by atoms with van der Waals surface area (Å²) in [6, 6.07) is 15.7. The lowest BCUT2D eigenvalue weighted by molar-refractivity contribution is -0.125. The van der Waals surface area contributed by atoms with Crippen LogP contribution in [0.4, 0.5) is 5.82 Å². The van der Waals surface area contributed by atoms with E-state index in [0.717, 1.165) is 28.1 Å². The number of aryl methyl sites for hydroxylation is 1. The maximum absolute atomic E-state index is 13.7. The van der Waals surface area contributed by atoms with Crippen LogP contribution in [-0.4, -0.2) is 40.6 Å². The molecule has 3 aromatic rings. The average molecular weight is 473 g/mol. The summed E-state index contributed by atoms with van der Waals surface area (Å²) in [6.07, 6.45) is 0.693. The number of aromatic amines is 1. The number of hydrogen-bond donors (Lipinski definition) is 2. The van der Waals surface area contributed by atoms with Crippen LogP contribution in [0.2, 0.25) is 0 Å². The van der Waals surface area contributed by atoms with E-state index in [4.69, 9.17) is 4.74 Å². The van der Waals surface area contributed by atoms with Gasteiger partial charge in [0.25, 0.3) is 11.5 Å². The van der Waals surface area contributed by atoms with Crippen LogP contribution >= 0.6 is 0 Å². The Labute approximate surface area is 202 Å². The molecule has 0 bridgehead atoms. The maximum atomic E-state index is 13.7. The maximum Gasteiger partial charge on any atom is 0.329 e. The number of hydrogen-bond acceptors (Lipinski definition) is 5. The fourth-order valence-electron chi connectivity index (χ4n) is 4.96. The number of carbonyl (C=O) groups is 1. The molecule has 2 N–H and O–H groups in total. The number of amides is 1. The Morgan fingerprint density at radius 2 is 1.74 bits per heavy atom. The molecule has 35 heavy (non-hydrogen) atoms. The monoisotopic (exact) mass is 472 g/mol. The second kappa shape index (κ2) is 8.94. The van der Waals surface area contributed by atoms with Crippen molar-refractivity contribution in [2.45, 2.75) is 32.7 Å². The molecule has 0 radical (unpaired) electrons. The van der Waals surface area contributed by atoms with Crippen molar-refractivity contribution in [1.29, 1.82) is 0 Å². The Kier molecular flexibility index (Phi) is 5.80. The molecule has 8 heteroatoms. The number of anilines is 1. The third-order valence-electron chi connectivity index (χ3n) is 6.83. The lowest BCUT2D eigenvalue weighted by atomic mass is 9.82. The fraction of sp³-hybridized carbons (Fsp3) is 0.296. The van der Waals surface area contributed by atoms with Gasteiger partial charge in [-0.05, 0) is 43.5 Å². The van der Waals surface area contributed by atoms with Crippen molar-refractivity contribution in [3.8, 4) is 5.75 Å². The van der Waals surface area contributed by atoms with E-state index in [1.165, 1.54) is 4.57 Å². The molecular formula is C27H28N4O4. The quantitative estimate of drug-likeness (QED) is 0.575. The molecule has 0 aliphatic carbocycles. The highest BCUT2D eigenvalue weighted by Gasteiger charge is 2.42. The number of H-pyrrole nitrogens is 1. The lowest BCUT2D eigenvalue weighted by Crippen LogP contribution is -2.38. The van der Waals surface area contributed by atoms with Gasteiger partial charge in [-0.3, -0.25) is 19.1 Å². The Balaban J connectivity index is 1.52. The number of methoxy groups -OCH3 is 1. The van der Waals surface area contributed by atoms with E-state index in [2.05, 4.69) is 10.3 Å². The van der Waals surface area contributed by atoms with Gasteiger partial charge >= 0.3 is 5.69 Å². The summed E-state index contributed by atoms with van der Waals surface area (Å²) >= 11 is 0. The highest BCUT2D eigenvalue weighted by molar-refractivity contribution is 6.01. The third kappa shape index (κ3) is 3.95. The number of nitrogens with one attached hydrogen (secondary N) is 2. The summed E-state index contributed by atoms with van der Waals surface area (Å²) in [5.74, 6) is 0.613. The van der Waals surface area contributed by atoms with Gasteiger partial charge in [-0.15, -0.1) is 0 Å². The highest BCUT2D eigenvalue weighted by atomic mass is 16.5. The number of fused-ring (bicyclic) bond motifs is 1. The van der Waals surface area contributed by atoms with Gasteiger partial charge in [-0.1, -0.05) is 42.0 Å². The van der Waals surface area contributed by atoms with Crippen molar-refractivity contribution in [3.63, 3.8) is 0 Å². The highest BCUT2D eigenvalue weighted by Crippen LogP contribution is 2.43. The van der Waals surface area contributed by atoms with Gasteiger partial charge in [0.05, 0.1) is 30.7 Å². The van der Waals surface area contributed by atoms with Crippen LogP contribution in [0.25, 0.3) is 0 Å². The number of rotatable bonds is 6. The van der Waals surface area contributed by atoms with E-state index in [0.29, 0.717) is 43.0 Å². The molecule has 1 aromatic heterocycles. The van der Waals surface area contributed by atoms with Gasteiger partial charge in [0.1, 0.15) is 11.6 Å². The molecule has 0 saturated heterocycles. The first kappa shape index (κ1) is 22.7. The Hall–Kier alpha value is -4.07. The molecule has 1 amide bonds. The minimum Gasteiger partial charge on any atom is -0.497 e. The second-order valence-corrected chi connectivity index (χ2v) is 8.95. The molecule has 2 aliphatic heterocycles. The predicted molar refractivity (Wildman–Crippen MR) is 134 cm³/mol. The van der Waals surface area contributed by atoms with E-state index in [1.54, 1.807) is 12.0 Å². The minimum atomic E-state index is -0.553. The summed E-state index contributed by atoms with van der Waals surface area (Å²) in [4.78, 5) is 43.5. The number of ether oxygens (including phenoxy) is 1. The summed E-state index contributed by atoms with van der Waals surface area (Å²) in [7, 11) is 1.63. The number of carbonyl (C=O) groups excluding carboxylic acids is 1. The molecule has 2 aliphatic rings. The Bertz CT molecular complexity index is 1430. The second-order valence-electron chi connectivity index (χ2n) is 8.95. The fourth-order valence-corrected chi connectivity index (χ4v) is 4.96. The van der Waals surface area contributed by atoms with Crippen LogP contribution in [-0.2, 0) is 17.8 Å². The first-order valence-electron chi connectivity index (χ1n) is 11.8. The molecule has 8 nitrogen and oxygen atoms in total. The number of aromatic nitrogens is 2. The van der Waals surface area contributed by atoms with E-state index < -0.39 is 17.2 Å². The average Bonchev–Trinajstić information content (AvgIpc) is 3.17. The van der Waals surface area contributed by atoms with Gasteiger partial charge in [0.15, 0.2) is 0 Å². The van der Waals surface area contributed by atoms with Gasteiger partial charge in [0, 0.05) is 18.8 Å². The lowest BCUT2D eigenvalue weighted by Gasteiger charge is -2.28. The third-order valence-corrected chi connectivity index (χ3v) is 6.83. The van der Waals surface area contributed by atoms with E-state index in [-0.39, 0.29) is 5.91 Å². The first-order chi connectivity index (χ1) is 16.9. The summed E-state index contributed by atoms with van der Waals surface area (Å²) in [5.41, 5.74) is 3.83. The molecule has 3 heterocycles. The van der Waals surface area contributed by atoms with Crippen LogP contribution in [0.5, 0.6) is 5.75 Å². The molecule has 1 unspecified atom stereocenters. The smallest absolute Gasteiger partial charge is 0.329 e. The molecule has 1 atom stereocenters. The Morgan fingerprint density at radius 3 is 2.40 bits per heavy atom. The van der Waals surface area contributed by atoms with Crippen LogP contribution in [0, 0.1) is 6.92 Å². The van der Waals surface area contributed by atoms with Gasteiger partial charge in [-0.25, -0.2) is 4.79 Å². The summed E-state index contributed by atoms with van der Waals surface area (Å²) < 4.78 is 6.75. The topological polar surface area (TPSA) is 96.4 Å². The summed E-state index contributed by atoms with van der Waals surface area (Å²) in [5, 5.41) is 3.29. The zero-order chi connectivity index (χ0) is 24.7. The Morgan fingerprint density at radius 1 is 1.03 bits per heavy atom. The van der Waals surface area contributed by atoms with Gasteiger partial charge < -0.3 is 15.0 Å². The largest absolute Gasteiger partial charge is 0.497 e. The van der Waals surface area contributed by atoms with Crippen LogP contribution in [0.15, 0.2) is 69.4 Å². The van der Waals surface area contributed by atoms with Crippen molar-refractivity contribution in [2.75, 3.05) is 25.5 Å². The minimum absolute atomic E-state index is 0.0918. The molecular weight excluding hydrogens is 444 g/mol. The number of benzene rings is 2. The molecule has 5 rings (SSSR count). The number of nitrogens with zero attached hydrogens (tertiary/aromatic N) is 2. The van der Waals surface area contributed by atoms with Crippen molar-refractivity contribution in [1.82, 2.24) is 14.5 Å². The molecule has 0 fully saturated rings. The van der Waals surface area contributed by atoms with E-state index in [9.17, 15) is 14.4 Å². The van der Waals surface area contributed by atoms with Crippen molar-refractivity contribution in [2.24, 2.45) is 0 Å². The zero-order valence-electron chi connectivity index (χ0n) is 20.1. The molecule has 0 spiro atoms.